The van der Waals surface area contributed by atoms with Gasteiger partial charge in [-0.15, -0.1) is 0 Å². The molecular formula is C19H34N2O5S. The maximum absolute atomic E-state index is 12.2. The molecule has 1 rings (SSSR count). The number of amides is 1. The molecule has 0 aromatic rings. The van der Waals surface area contributed by atoms with Crippen LogP contribution in [0.4, 0.5) is 0 Å². The third-order valence-corrected chi connectivity index (χ3v) is 7.41. The molecule has 2 atom stereocenters. The number of carbonyl (C=O) groups is 3. The Morgan fingerprint density at radius 2 is 1.70 bits per heavy atom. The standard InChI is InChI=1S/C19H34N2O5S/c1-18(2)8-6-7-9-19(3,4)17(18)27-11-13(16(25)26-5)21-15(24)12(20)10-14(22)23/h12-13,17H,6-11,20H2,1-5H3,(H,21,24)(H,22,23)/t12-,13-/m0/s1. The van der Waals surface area contributed by atoms with Crippen LogP contribution < -0.4 is 11.1 Å². The van der Waals surface area contributed by atoms with E-state index in [1.165, 1.54) is 20.0 Å². The smallest absolute Gasteiger partial charge is 0.329 e. The number of carboxylic acids is 1. The summed E-state index contributed by atoms with van der Waals surface area (Å²) in [6.07, 6.45) is 4.12. The fourth-order valence-electron chi connectivity index (χ4n) is 4.00. The summed E-state index contributed by atoms with van der Waals surface area (Å²) in [4.78, 5) is 35.0. The molecule has 0 aliphatic heterocycles. The predicted molar refractivity (Wildman–Crippen MR) is 106 cm³/mol. The number of aliphatic carboxylic acids is 1. The van der Waals surface area contributed by atoms with Crippen molar-refractivity contribution in [2.45, 2.75) is 77.1 Å². The number of nitrogens with two attached hydrogens (primary N) is 1. The molecule has 0 saturated heterocycles. The Labute approximate surface area is 166 Å². The minimum Gasteiger partial charge on any atom is -0.481 e. The summed E-state index contributed by atoms with van der Waals surface area (Å²) in [7, 11) is 1.27. The lowest BCUT2D eigenvalue weighted by Gasteiger charge is -2.43. The zero-order chi connectivity index (χ0) is 20.8. The Balaban J connectivity index is 2.85. The van der Waals surface area contributed by atoms with Crippen molar-refractivity contribution in [3.05, 3.63) is 0 Å². The highest BCUT2D eigenvalue weighted by molar-refractivity contribution is 8.00. The maximum atomic E-state index is 12.2. The topological polar surface area (TPSA) is 119 Å². The van der Waals surface area contributed by atoms with Crippen LogP contribution in [-0.2, 0) is 19.1 Å². The van der Waals surface area contributed by atoms with Crippen LogP contribution in [0.25, 0.3) is 0 Å². The monoisotopic (exact) mass is 402 g/mol. The number of hydrogen-bond acceptors (Lipinski definition) is 6. The first-order valence-corrected chi connectivity index (χ1v) is 10.4. The first-order chi connectivity index (χ1) is 12.4. The van der Waals surface area contributed by atoms with Crippen molar-refractivity contribution in [3.8, 4) is 0 Å². The molecule has 1 aliphatic rings. The number of methoxy groups -OCH3 is 1. The second kappa shape index (κ2) is 9.78. The summed E-state index contributed by atoms with van der Waals surface area (Å²) in [5.41, 5.74) is 5.81. The largest absolute Gasteiger partial charge is 0.481 e. The Morgan fingerprint density at radius 1 is 1.19 bits per heavy atom. The molecule has 0 heterocycles. The minimum absolute atomic E-state index is 0.106. The van der Waals surface area contributed by atoms with E-state index in [4.69, 9.17) is 15.6 Å². The van der Waals surface area contributed by atoms with E-state index in [0.717, 1.165) is 12.8 Å². The zero-order valence-electron chi connectivity index (χ0n) is 17.0. The van der Waals surface area contributed by atoms with Gasteiger partial charge in [0.05, 0.1) is 19.6 Å². The molecule has 1 saturated carbocycles. The summed E-state index contributed by atoms with van der Waals surface area (Å²) < 4.78 is 4.82. The molecule has 0 aromatic heterocycles. The van der Waals surface area contributed by atoms with E-state index in [9.17, 15) is 14.4 Å². The summed E-state index contributed by atoms with van der Waals surface area (Å²) in [5, 5.41) is 11.7. The number of carboxylic acid groups (broad SMARTS) is 1. The highest BCUT2D eigenvalue weighted by atomic mass is 32.2. The van der Waals surface area contributed by atoms with E-state index < -0.39 is 36.4 Å². The van der Waals surface area contributed by atoms with Gasteiger partial charge in [0.15, 0.2) is 0 Å². The van der Waals surface area contributed by atoms with E-state index in [2.05, 4.69) is 33.0 Å². The van der Waals surface area contributed by atoms with Gasteiger partial charge in [0.25, 0.3) is 0 Å². The fraction of sp³-hybridized carbons (Fsp3) is 0.842. The first-order valence-electron chi connectivity index (χ1n) is 9.38. The fourth-order valence-corrected chi connectivity index (χ4v) is 5.74. The number of carbonyl (C=O) groups excluding carboxylic acids is 2. The van der Waals surface area contributed by atoms with Crippen molar-refractivity contribution < 1.29 is 24.2 Å². The summed E-state index contributed by atoms with van der Waals surface area (Å²) in [6.45, 7) is 9.02. The molecule has 1 aliphatic carbocycles. The van der Waals surface area contributed by atoms with Crippen molar-refractivity contribution in [1.29, 1.82) is 0 Å². The van der Waals surface area contributed by atoms with Gasteiger partial charge in [-0.1, -0.05) is 40.5 Å². The molecular weight excluding hydrogens is 368 g/mol. The Hall–Kier alpha value is -1.28. The van der Waals surface area contributed by atoms with Gasteiger partial charge in [0, 0.05) is 11.0 Å². The number of esters is 1. The molecule has 8 heteroatoms. The normalized spacial score (nSPS) is 21.6. The van der Waals surface area contributed by atoms with Crippen LogP contribution >= 0.6 is 11.8 Å². The van der Waals surface area contributed by atoms with E-state index in [-0.39, 0.29) is 10.8 Å². The summed E-state index contributed by atoms with van der Waals surface area (Å²) in [6, 6.07) is -2.06. The lowest BCUT2D eigenvalue weighted by atomic mass is 9.73. The van der Waals surface area contributed by atoms with Gasteiger partial charge in [-0.3, -0.25) is 9.59 Å². The molecule has 4 N–H and O–H groups in total. The van der Waals surface area contributed by atoms with Gasteiger partial charge in [-0.25, -0.2) is 4.79 Å². The molecule has 0 bridgehead atoms. The van der Waals surface area contributed by atoms with E-state index in [0.29, 0.717) is 11.0 Å². The molecule has 7 nitrogen and oxygen atoms in total. The maximum Gasteiger partial charge on any atom is 0.329 e. The second-order valence-electron chi connectivity index (χ2n) is 8.69. The quantitative estimate of drug-likeness (QED) is 0.420. The minimum atomic E-state index is -1.20. The lowest BCUT2D eigenvalue weighted by Crippen LogP contribution is -2.51. The van der Waals surface area contributed by atoms with Crippen LogP contribution in [0.2, 0.25) is 0 Å². The molecule has 27 heavy (non-hydrogen) atoms. The summed E-state index contributed by atoms with van der Waals surface area (Å²) in [5.74, 6) is -2.02. The van der Waals surface area contributed by atoms with Crippen molar-refractivity contribution in [1.82, 2.24) is 5.32 Å². The van der Waals surface area contributed by atoms with Crippen molar-refractivity contribution >= 4 is 29.6 Å². The molecule has 0 radical (unpaired) electrons. The van der Waals surface area contributed by atoms with Crippen LogP contribution in [-0.4, -0.2) is 53.1 Å². The molecule has 156 valence electrons. The Morgan fingerprint density at radius 3 is 2.15 bits per heavy atom. The molecule has 0 aromatic carbocycles. The van der Waals surface area contributed by atoms with Gasteiger partial charge in [-0.2, -0.15) is 11.8 Å². The second-order valence-corrected chi connectivity index (χ2v) is 9.82. The zero-order valence-corrected chi connectivity index (χ0v) is 17.9. The average molecular weight is 403 g/mol. The first kappa shape index (κ1) is 23.8. The number of ether oxygens (including phenoxy) is 1. The van der Waals surface area contributed by atoms with Gasteiger partial charge < -0.3 is 20.9 Å². The number of nitrogens with one attached hydrogen (secondary N) is 1. The molecule has 1 fully saturated rings. The third-order valence-electron chi connectivity index (χ3n) is 5.27. The van der Waals surface area contributed by atoms with Gasteiger partial charge in [-0.05, 0) is 23.7 Å². The number of hydrogen-bond donors (Lipinski definition) is 3. The molecule has 1 amide bonds. The van der Waals surface area contributed by atoms with Crippen LogP contribution in [0.1, 0.15) is 59.8 Å². The van der Waals surface area contributed by atoms with E-state index >= 15 is 0 Å². The molecule has 0 unspecified atom stereocenters. The number of thioether (sulfide) groups is 1. The Bertz CT molecular complexity index is 532. The van der Waals surface area contributed by atoms with Crippen molar-refractivity contribution in [2.75, 3.05) is 12.9 Å². The van der Waals surface area contributed by atoms with E-state index in [1.807, 2.05) is 0 Å². The number of rotatable bonds is 8. The van der Waals surface area contributed by atoms with Crippen LogP contribution in [0.3, 0.4) is 0 Å². The van der Waals surface area contributed by atoms with Crippen LogP contribution in [0.5, 0.6) is 0 Å². The average Bonchev–Trinajstić information content (AvgIpc) is 2.65. The van der Waals surface area contributed by atoms with E-state index in [1.54, 1.807) is 11.8 Å². The van der Waals surface area contributed by atoms with Gasteiger partial charge in [0.2, 0.25) is 5.91 Å². The summed E-state index contributed by atoms with van der Waals surface area (Å²) >= 11 is 1.67. The molecule has 0 spiro atoms. The van der Waals surface area contributed by atoms with Crippen molar-refractivity contribution in [2.24, 2.45) is 16.6 Å². The van der Waals surface area contributed by atoms with Crippen LogP contribution in [0, 0.1) is 10.8 Å². The SMILES string of the molecule is COC(=O)[C@H](CSC1C(C)(C)CCCCC1(C)C)NC(=O)[C@@H](N)CC(=O)O. The van der Waals surface area contributed by atoms with Crippen molar-refractivity contribution in [3.63, 3.8) is 0 Å². The highest BCUT2D eigenvalue weighted by Gasteiger charge is 2.43. The highest BCUT2D eigenvalue weighted by Crippen LogP contribution is 2.50. The third kappa shape index (κ3) is 6.99. The van der Waals surface area contributed by atoms with Gasteiger partial charge >= 0.3 is 11.9 Å². The van der Waals surface area contributed by atoms with Crippen LogP contribution in [0.15, 0.2) is 0 Å². The predicted octanol–water partition coefficient (Wildman–Crippen LogP) is 2.17. The Kier molecular flexibility index (Phi) is 8.60. The van der Waals surface area contributed by atoms with Gasteiger partial charge in [0.1, 0.15) is 6.04 Å². The lowest BCUT2D eigenvalue weighted by molar-refractivity contribution is -0.144.